The van der Waals surface area contributed by atoms with Crippen LogP contribution in [0.3, 0.4) is 0 Å². The summed E-state index contributed by atoms with van der Waals surface area (Å²) in [7, 11) is 1.73. The molecule has 0 amide bonds. The second kappa shape index (κ2) is 5.22. The highest BCUT2D eigenvalue weighted by Crippen LogP contribution is 2.42. The van der Waals surface area contributed by atoms with Gasteiger partial charge in [0.15, 0.2) is 0 Å². The summed E-state index contributed by atoms with van der Waals surface area (Å²) in [5, 5.41) is 0. The third kappa shape index (κ3) is 2.23. The van der Waals surface area contributed by atoms with E-state index in [0.717, 1.165) is 17.3 Å². The molecule has 1 fully saturated rings. The Balaban J connectivity index is 2.35. The van der Waals surface area contributed by atoms with E-state index >= 15 is 0 Å². The summed E-state index contributed by atoms with van der Waals surface area (Å²) >= 11 is 7.59. The average molecular weight is 276 g/mol. The first-order valence-electron chi connectivity index (χ1n) is 5.60. The number of likely N-dealkylation sites (tertiary alicyclic amines) is 1. The second-order valence-corrected chi connectivity index (χ2v) is 6.02. The lowest BCUT2D eigenvalue weighted by Gasteiger charge is -2.35. The van der Waals surface area contributed by atoms with Crippen LogP contribution < -0.4 is 11.5 Å². The molecule has 2 heterocycles. The smallest absolute Gasteiger partial charge is 0.0931 e. The fourth-order valence-corrected chi connectivity index (χ4v) is 3.81. The maximum absolute atomic E-state index is 6.02. The summed E-state index contributed by atoms with van der Waals surface area (Å²) in [6.07, 6.45) is 1.05. The molecule has 6 heteroatoms. The SMILES string of the molecule is COC1CN(CN)C(CN)(c2ccc(Cl)s2)C1. The van der Waals surface area contributed by atoms with Gasteiger partial charge in [-0.2, -0.15) is 0 Å². The van der Waals surface area contributed by atoms with Gasteiger partial charge in [0, 0.05) is 31.7 Å². The molecular formula is C11H18ClN3OS. The summed E-state index contributed by atoms with van der Waals surface area (Å²) in [5.74, 6) is 0. The van der Waals surface area contributed by atoms with E-state index in [1.54, 1.807) is 18.4 Å². The lowest BCUT2D eigenvalue weighted by Crippen LogP contribution is -2.48. The van der Waals surface area contributed by atoms with Gasteiger partial charge in [-0.1, -0.05) is 11.6 Å². The zero-order valence-corrected chi connectivity index (χ0v) is 11.4. The van der Waals surface area contributed by atoms with Gasteiger partial charge in [-0.15, -0.1) is 11.3 Å². The van der Waals surface area contributed by atoms with Gasteiger partial charge in [0.05, 0.1) is 16.0 Å². The van der Waals surface area contributed by atoms with Crippen LogP contribution in [0, 0.1) is 0 Å². The molecular weight excluding hydrogens is 258 g/mol. The van der Waals surface area contributed by atoms with Gasteiger partial charge < -0.3 is 16.2 Å². The molecule has 1 aromatic heterocycles. The molecule has 1 aromatic rings. The van der Waals surface area contributed by atoms with E-state index in [0.29, 0.717) is 13.2 Å². The van der Waals surface area contributed by atoms with Crippen LogP contribution in [0.15, 0.2) is 12.1 Å². The molecule has 0 aromatic carbocycles. The quantitative estimate of drug-likeness (QED) is 0.867. The van der Waals surface area contributed by atoms with Gasteiger partial charge in [-0.3, -0.25) is 4.90 Å². The molecule has 4 nitrogen and oxygen atoms in total. The van der Waals surface area contributed by atoms with E-state index in [1.807, 2.05) is 12.1 Å². The van der Waals surface area contributed by atoms with E-state index in [2.05, 4.69) is 4.90 Å². The lowest BCUT2D eigenvalue weighted by molar-refractivity contribution is 0.108. The van der Waals surface area contributed by atoms with Gasteiger partial charge in [0.1, 0.15) is 0 Å². The van der Waals surface area contributed by atoms with Crippen molar-refractivity contribution in [3.05, 3.63) is 21.3 Å². The third-order valence-corrected chi connectivity index (χ3v) is 4.94. The minimum Gasteiger partial charge on any atom is -0.380 e. The van der Waals surface area contributed by atoms with Crippen molar-refractivity contribution >= 4 is 22.9 Å². The van der Waals surface area contributed by atoms with Crippen LogP contribution in [-0.2, 0) is 10.3 Å². The van der Waals surface area contributed by atoms with Crippen molar-refractivity contribution in [2.24, 2.45) is 11.5 Å². The van der Waals surface area contributed by atoms with Gasteiger partial charge in [-0.05, 0) is 18.6 Å². The highest BCUT2D eigenvalue weighted by molar-refractivity contribution is 7.16. The Bertz CT molecular complexity index is 387. The van der Waals surface area contributed by atoms with E-state index in [-0.39, 0.29) is 11.6 Å². The standard InChI is InChI=1S/C11H18ClN3OS/c1-16-8-4-11(6-13,15(5-8)7-14)9-2-3-10(12)17-9/h2-3,8H,4-7,13-14H2,1H3. The molecule has 0 saturated carbocycles. The number of nitrogens with zero attached hydrogens (tertiary/aromatic N) is 1. The highest BCUT2D eigenvalue weighted by atomic mass is 35.5. The number of halogens is 1. The molecule has 4 N–H and O–H groups in total. The monoisotopic (exact) mass is 275 g/mol. The minimum absolute atomic E-state index is 0.183. The van der Waals surface area contributed by atoms with Crippen LogP contribution in [0.25, 0.3) is 0 Å². The van der Waals surface area contributed by atoms with Crippen molar-refractivity contribution in [3.63, 3.8) is 0 Å². The average Bonchev–Trinajstić information content (AvgIpc) is 2.92. The Morgan fingerprint density at radius 3 is 2.82 bits per heavy atom. The summed E-state index contributed by atoms with van der Waals surface area (Å²) in [6.45, 7) is 1.83. The van der Waals surface area contributed by atoms with Gasteiger partial charge in [0.25, 0.3) is 0 Å². The molecule has 2 unspecified atom stereocenters. The zero-order chi connectivity index (χ0) is 12.5. The molecule has 0 spiro atoms. The molecule has 96 valence electrons. The summed E-state index contributed by atoms with van der Waals surface area (Å²) in [4.78, 5) is 3.36. The summed E-state index contributed by atoms with van der Waals surface area (Å²) in [5.41, 5.74) is 11.6. The molecule has 0 radical (unpaired) electrons. The normalized spacial score (nSPS) is 30.0. The lowest BCUT2D eigenvalue weighted by atomic mass is 9.93. The predicted octanol–water partition coefficient (Wildman–Crippen LogP) is 1.19. The van der Waals surface area contributed by atoms with Crippen LogP contribution in [0.5, 0.6) is 0 Å². The van der Waals surface area contributed by atoms with E-state index in [1.165, 1.54) is 4.88 Å². The van der Waals surface area contributed by atoms with Crippen molar-refractivity contribution in [1.82, 2.24) is 4.90 Å². The van der Waals surface area contributed by atoms with Gasteiger partial charge in [0.2, 0.25) is 0 Å². The number of ether oxygens (including phenoxy) is 1. The molecule has 1 aliphatic rings. The first kappa shape index (κ1) is 13.3. The number of hydrogen-bond acceptors (Lipinski definition) is 5. The maximum Gasteiger partial charge on any atom is 0.0931 e. The second-order valence-electron chi connectivity index (χ2n) is 4.31. The minimum atomic E-state index is -0.215. The Morgan fingerprint density at radius 2 is 2.35 bits per heavy atom. The van der Waals surface area contributed by atoms with Gasteiger partial charge in [-0.25, -0.2) is 0 Å². The molecule has 2 atom stereocenters. The van der Waals surface area contributed by atoms with Crippen molar-refractivity contribution in [2.75, 3.05) is 26.9 Å². The van der Waals surface area contributed by atoms with Crippen molar-refractivity contribution in [1.29, 1.82) is 0 Å². The molecule has 2 rings (SSSR count). The fraction of sp³-hybridized carbons (Fsp3) is 0.636. The molecule has 1 aliphatic heterocycles. The number of rotatable bonds is 4. The summed E-state index contributed by atoms with van der Waals surface area (Å²) < 4.78 is 6.23. The van der Waals surface area contributed by atoms with E-state index < -0.39 is 0 Å². The number of thiophene rings is 1. The van der Waals surface area contributed by atoms with Crippen LogP contribution >= 0.6 is 22.9 Å². The highest BCUT2D eigenvalue weighted by Gasteiger charge is 2.46. The molecule has 17 heavy (non-hydrogen) atoms. The maximum atomic E-state index is 6.02. The number of methoxy groups -OCH3 is 1. The first-order valence-corrected chi connectivity index (χ1v) is 6.79. The van der Waals surface area contributed by atoms with Crippen LogP contribution in [0.4, 0.5) is 0 Å². The van der Waals surface area contributed by atoms with Crippen molar-refractivity contribution in [2.45, 2.75) is 18.1 Å². The topological polar surface area (TPSA) is 64.5 Å². The molecule has 0 aliphatic carbocycles. The Hall–Kier alpha value is -0.170. The largest absolute Gasteiger partial charge is 0.380 e. The van der Waals surface area contributed by atoms with Crippen molar-refractivity contribution in [3.8, 4) is 0 Å². The third-order valence-electron chi connectivity index (χ3n) is 3.52. The van der Waals surface area contributed by atoms with E-state index in [4.69, 9.17) is 27.8 Å². The molecule has 0 bridgehead atoms. The summed E-state index contributed by atoms with van der Waals surface area (Å²) in [6, 6.07) is 3.95. The van der Waals surface area contributed by atoms with Crippen molar-refractivity contribution < 1.29 is 4.74 Å². The van der Waals surface area contributed by atoms with Crippen LogP contribution in [0.2, 0.25) is 4.34 Å². The zero-order valence-electron chi connectivity index (χ0n) is 9.86. The van der Waals surface area contributed by atoms with Crippen LogP contribution in [0.1, 0.15) is 11.3 Å². The van der Waals surface area contributed by atoms with Gasteiger partial charge >= 0.3 is 0 Å². The molecule has 1 saturated heterocycles. The number of nitrogens with two attached hydrogens (primary N) is 2. The van der Waals surface area contributed by atoms with E-state index in [9.17, 15) is 0 Å². The number of hydrogen-bond donors (Lipinski definition) is 2. The first-order chi connectivity index (χ1) is 8.16. The Morgan fingerprint density at radius 1 is 1.59 bits per heavy atom. The fourth-order valence-electron chi connectivity index (χ4n) is 2.53. The Kier molecular flexibility index (Phi) is 4.07. The predicted molar refractivity (Wildman–Crippen MR) is 71.2 cm³/mol. The Labute approximate surface area is 110 Å². The van der Waals surface area contributed by atoms with Crippen LogP contribution in [-0.4, -0.2) is 37.9 Å².